The van der Waals surface area contributed by atoms with Crippen molar-refractivity contribution in [2.75, 3.05) is 12.8 Å². The van der Waals surface area contributed by atoms with Crippen LogP contribution < -0.4 is 4.72 Å². The smallest absolute Gasteiger partial charge is 0.208 e. The summed E-state index contributed by atoms with van der Waals surface area (Å²) >= 11 is 5.17. The lowest BCUT2D eigenvalue weighted by Crippen LogP contribution is -2.23. The van der Waals surface area contributed by atoms with E-state index in [-0.39, 0.29) is 5.82 Å². The van der Waals surface area contributed by atoms with Crippen molar-refractivity contribution in [3.63, 3.8) is 0 Å². The Kier molecular flexibility index (Phi) is 4.02. The largest absolute Gasteiger partial charge is 0.330 e. The zero-order chi connectivity index (χ0) is 14.0. The molecule has 2 aromatic rings. The van der Waals surface area contributed by atoms with Crippen LogP contribution in [0.15, 0.2) is 18.2 Å². The summed E-state index contributed by atoms with van der Waals surface area (Å²) in [5.74, 6) is -0.324. The maximum Gasteiger partial charge on any atom is 0.208 e. The standard InChI is InChI=1S/C11H14FN3O2S2/c1-19(16,17)13-5-2-6-15-10-4-3-8(12)7-9(10)14-11(15)18/h3-4,7,13H,2,5-6H2,1H3,(H,14,18). The van der Waals surface area contributed by atoms with Crippen LogP contribution in [0.2, 0.25) is 0 Å². The minimum Gasteiger partial charge on any atom is -0.330 e. The molecule has 1 aromatic heterocycles. The van der Waals surface area contributed by atoms with Gasteiger partial charge in [-0.25, -0.2) is 17.5 Å². The molecular weight excluding hydrogens is 289 g/mol. The van der Waals surface area contributed by atoms with E-state index in [0.717, 1.165) is 11.8 Å². The lowest BCUT2D eigenvalue weighted by atomic mass is 10.3. The number of sulfonamides is 1. The highest BCUT2D eigenvalue weighted by molar-refractivity contribution is 7.88. The van der Waals surface area contributed by atoms with Crippen molar-refractivity contribution in [1.29, 1.82) is 0 Å². The van der Waals surface area contributed by atoms with Gasteiger partial charge in [0.25, 0.3) is 0 Å². The normalized spacial score (nSPS) is 12.1. The molecule has 0 bridgehead atoms. The summed E-state index contributed by atoms with van der Waals surface area (Å²) in [6.07, 6.45) is 1.72. The quantitative estimate of drug-likeness (QED) is 0.653. The SMILES string of the molecule is CS(=O)(=O)NCCCn1c(=S)[nH]c2cc(F)ccc21. The van der Waals surface area contributed by atoms with E-state index in [1.54, 1.807) is 6.07 Å². The van der Waals surface area contributed by atoms with Gasteiger partial charge in [-0.3, -0.25) is 0 Å². The maximum atomic E-state index is 13.1. The van der Waals surface area contributed by atoms with Gasteiger partial charge in [0, 0.05) is 13.1 Å². The number of H-pyrrole nitrogens is 1. The van der Waals surface area contributed by atoms with Crippen molar-refractivity contribution >= 4 is 33.3 Å². The van der Waals surface area contributed by atoms with E-state index >= 15 is 0 Å². The predicted molar refractivity (Wildman–Crippen MR) is 74.5 cm³/mol. The van der Waals surface area contributed by atoms with E-state index in [1.807, 2.05) is 4.57 Å². The van der Waals surface area contributed by atoms with Crippen LogP contribution in [0.25, 0.3) is 11.0 Å². The zero-order valence-electron chi connectivity index (χ0n) is 10.3. The van der Waals surface area contributed by atoms with Gasteiger partial charge in [0.05, 0.1) is 17.3 Å². The molecule has 0 spiro atoms. The van der Waals surface area contributed by atoms with Gasteiger partial charge in [0.1, 0.15) is 5.82 Å². The Labute approximate surface area is 115 Å². The van der Waals surface area contributed by atoms with Crippen LogP contribution in [0.1, 0.15) is 6.42 Å². The summed E-state index contributed by atoms with van der Waals surface area (Å²) in [5.41, 5.74) is 1.45. The minimum absolute atomic E-state index is 0.324. The van der Waals surface area contributed by atoms with Crippen molar-refractivity contribution < 1.29 is 12.8 Å². The summed E-state index contributed by atoms with van der Waals surface area (Å²) in [5, 5.41) is 0. The molecule has 0 saturated carbocycles. The Hall–Kier alpha value is -1.25. The number of nitrogens with one attached hydrogen (secondary N) is 2. The predicted octanol–water partition coefficient (Wildman–Crippen LogP) is 1.78. The fourth-order valence-electron chi connectivity index (χ4n) is 1.85. The van der Waals surface area contributed by atoms with Gasteiger partial charge in [-0.2, -0.15) is 0 Å². The molecule has 0 unspecified atom stereocenters. The summed E-state index contributed by atoms with van der Waals surface area (Å²) in [4.78, 5) is 2.92. The number of imidazole rings is 1. The van der Waals surface area contributed by atoms with Gasteiger partial charge in [-0.15, -0.1) is 0 Å². The molecule has 0 fully saturated rings. The summed E-state index contributed by atoms with van der Waals surface area (Å²) < 4.78 is 39.7. The number of aryl methyl sites for hydroxylation is 1. The first-order chi connectivity index (χ1) is 8.87. The Bertz CT molecular complexity index is 749. The van der Waals surface area contributed by atoms with Gasteiger partial charge < -0.3 is 9.55 Å². The van der Waals surface area contributed by atoms with Crippen molar-refractivity contribution in [2.24, 2.45) is 0 Å². The van der Waals surface area contributed by atoms with Crippen LogP contribution in [0.3, 0.4) is 0 Å². The topological polar surface area (TPSA) is 66.9 Å². The second kappa shape index (κ2) is 5.40. The van der Waals surface area contributed by atoms with E-state index in [1.165, 1.54) is 12.1 Å². The first-order valence-corrected chi connectivity index (χ1v) is 7.99. The summed E-state index contributed by atoms with van der Waals surface area (Å²) in [7, 11) is -3.17. The number of aromatic nitrogens is 2. The average molecular weight is 303 g/mol. The third-order valence-electron chi connectivity index (χ3n) is 2.66. The van der Waals surface area contributed by atoms with Gasteiger partial charge in [0.2, 0.25) is 10.0 Å². The highest BCUT2D eigenvalue weighted by Gasteiger charge is 2.06. The van der Waals surface area contributed by atoms with Crippen LogP contribution >= 0.6 is 12.2 Å². The summed E-state index contributed by atoms with van der Waals surface area (Å²) in [6.45, 7) is 0.904. The molecule has 8 heteroatoms. The number of benzene rings is 1. The maximum absolute atomic E-state index is 13.1. The molecule has 0 amide bonds. The molecule has 2 N–H and O–H groups in total. The molecule has 0 aliphatic heterocycles. The number of rotatable bonds is 5. The first-order valence-electron chi connectivity index (χ1n) is 5.69. The molecule has 5 nitrogen and oxygen atoms in total. The van der Waals surface area contributed by atoms with Gasteiger partial charge in [0.15, 0.2) is 4.77 Å². The van der Waals surface area contributed by atoms with Crippen LogP contribution in [0, 0.1) is 10.6 Å². The van der Waals surface area contributed by atoms with Crippen molar-refractivity contribution in [2.45, 2.75) is 13.0 Å². The molecule has 2 rings (SSSR count). The number of fused-ring (bicyclic) bond motifs is 1. The molecule has 0 aliphatic carbocycles. The molecule has 19 heavy (non-hydrogen) atoms. The molecule has 0 atom stereocenters. The van der Waals surface area contributed by atoms with Crippen molar-refractivity contribution in [3.05, 3.63) is 28.8 Å². The summed E-state index contributed by atoms with van der Waals surface area (Å²) in [6, 6.07) is 4.41. The lowest BCUT2D eigenvalue weighted by molar-refractivity contribution is 0.576. The molecule has 0 radical (unpaired) electrons. The fourth-order valence-corrected chi connectivity index (χ4v) is 2.67. The van der Waals surface area contributed by atoms with E-state index in [0.29, 0.717) is 29.8 Å². The van der Waals surface area contributed by atoms with Crippen LogP contribution in [-0.4, -0.2) is 30.8 Å². The number of nitrogens with zero attached hydrogens (tertiary/aromatic N) is 1. The molecular formula is C11H14FN3O2S2. The van der Waals surface area contributed by atoms with E-state index < -0.39 is 10.0 Å². The highest BCUT2D eigenvalue weighted by atomic mass is 32.2. The van der Waals surface area contributed by atoms with Crippen LogP contribution in [-0.2, 0) is 16.6 Å². The molecule has 0 aliphatic rings. The molecule has 0 saturated heterocycles. The lowest BCUT2D eigenvalue weighted by Gasteiger charge is -2.05. The second-order valence-corrected chi connectivity index (χ2v) is 6.48. The zero-order valence-corrected chi connectivity index (χ0v) is 11.9. The average Bonchev–Trinajstić information content (AvgIpc) is 2.58. The number of aromatic amines is 1. The Morgan fingerprint density at radius 2 is 2.21 bits per heavy atom. The van der Waals surface area contributed by atoms with Gasteiger partial charge in [-0.1, -0.05) is 0 Å². The van der Waals surface area contributed by atoms with Crippen molar-refractivity contribution in [3.8, 4) is 0 Å². The molecule has 1 aromatic carbocycles. The van der Waals surface area contributed by atoms with Crippen LogP contribution in [0.5, 0.6) is 0 Å². The van der Waals surface area contributed by atoms with Crippen LogP contribution in [0.4, 0.5) is 4.39 Å². The number of hydrogen-bond donors (Lipinski definition) is 2. The Morgan fingerprint density at radius 3 is 2.89 bits per heavy atom. The van der Waals surface area contributed by atoms with Gasteiger partial charge >= 0.3 is 0 Å². The van der Waals surface area contributed by atoms with Gasteiger partial charge in [-0.05, 0) is 36.8 Å². The highest BCUT2D eigenvalue weighted by Crippen LogP contribution is 2.15. The first kappa shape index (κ1) is 14.2. The monoisotopic (exact) mass is 303 g/mol. The van der Waals surface area contributed by atoms with E-state index in [9.17, 15) is 12.8 Å². The van der Waals surface area contributed by atoms with Crippen molar-refractivity contribution in [1.82, 2.24) is 14.3 Å². The third kappa shape index (κ3) is 3.62. The minimum atomic E-state index is -3.17. The second-order valence-electron chi connectivity index (χ2n) is 4.26. The molecule has 104 valence electrons. The third-order valence-corrected chi connectivity index (χ3v) is 3.71. The molecule has 1 heterocycles. The number of halogens is 1. The number of hydrogen-bond acceptors (Lipinski definition) is 3. The van der Waals surface area contributed by atoms with E-state index in [2.05, 4.69) is 9.71 Å². The Balaban J connectivity index is 2.13. The fraction of sp³-hybridized carbons (Fsp3) is 0.364. The van der Waals surface area contributed by atoms with E-state index in [4.69, 9.17) is 12.2 Å². The Morgan fingerprint density at radius 1 is 1.47 bits per heavy atom.